The monoisotopic (exact) mass is 428 g/mol. The minimum Gasteiger partial charge on any atom is -0.381 e. The number of nitrogens with zero attached hydrogens (tertiary/aromatic N) is 4. The third-order valence-electron chi connectivity index (χ3n) is 7.28. The minimum absolute atomic E-state index is 0.173. The first-order chi connectivity index (χ1) is 14.8. The van der Waals surface area contributed by atoms with Crippen LogP contribution in [0.2, 0.25) is 0 Å². The molecule has 5 rings (SSSR count). The molecule has 0 radical (unpaired) electrons. The van der Waals surface area contributed by atoms with Crippen LogP contribution in [0, 0.1) is 11.8 Å². The van der Waals surface area contributed by atoms with Crippen molar-refractivity contribution >= 4 is 33.3 Å². The van der Waals surface area contributed by atoms with E-state index in [1.807, 2.05) is 0 Å². The summed E-state index contributed by atoms with van der Waals surface area (Å²) in [6.45, 7) is 4.46. The molecule has 7 heteroatoms. The number of piperidine rings is 1. The van der Waals surface area contributed by atoms with Gasteiger partial charge in [0, 0.05) is 44.8 Å². The van der Waals surface area contributed by atoms with Gasteiger partial charge in [-0.2, -0.15) is 0 Å². The van der Waals surface area contributed by atoms with E-state index in [4.69, 9.17) is 4.74 Å². The molecule has 6 nitrogen and oxygen atoms in total. The molecule has 0 bridgehead atoms. The number of amides is 1. The number of thiophene rings is 1. The molecule has 1 amide bonds. The predicted molar refractivity (Wildman–Crippen MR) is 120 cm³/mol. The smallest absolute Gasteiger partial charge is 0.226 e. The van der Waals surface area contributed by atoms with Crippen LogP contribution in [-0.4, -0.2) is 59.7 Å². The van der Waals surface area contributed by atoms with Crippen molar-refractivity contribution in [3.63, 3.8) is 0 Å². The molecule has 3 aliphatic heterocycles. The highest BCUT2D eigenvalue weighted by molar-refractivity contribution is 7.16. The average Bonchev–Trinajstić information content (AvgIpc) is 3.16. The molecule has 1 atom stereocenters. The quantitative estimate of drug-likeness (QED) is 0.736. The Morgan fingerprint density at radius 3 is 2.67 bits per heavy atom. The van der Waals surface area contributed by atoms with Crippen LogP contribution in [-0.2, 0) is 9.53 Å². The fraction of sp³-hybridized carbons (Fsp3) is 0.696. The third kappa shape index (κ3) is 4.06. The van der Waals surface area contributed by atoms with Gasteiger partial charge in [-0.3, -0.25) is 4.79 Å². The molecule has 0 saturated carbocycles. The van der Waals surface area contributed by atoms with Gasteiger partial charge in [0.1, 0.15) is 17.0 Å². The summed E-state index contributed by atoms with van der Waals surface area (Å²) in [5.74, 6) is 2.26. The number of likely N-dealkylation sites (tertiary alicyclic amines) is 1. The summed E-state index contributed by atoms with van der Waals surface area (Å²) in [5, 5.41) is 3.27. The molecular weight excluding hydrogens is 396 g/mol. The van der Waals surface area contributed by atoms with Crippen LogP contribution >= 0.6 is 11.3 Å². The van der Waals surface area contributed by atoms with Crippen LogP contribution in [0.4, 0.5) is 5.82 Å². The maximum absolute atomic E-state index is 13.4. The van der Waals surface area contributed by atoms with E-state index in [1.54, 1.807) is 17.7 Å². The van der Waals surface area contributed by atoms with Crippen molar-refractivity contribution < 1.29 is 9.53 Å². The lowest BCUT2D eigenvalue weighted by Crippen LogP contribution is -2.50. The molecule has 2 aromatic rings. The predicted octanol–water partition coefficient (Wildman–Crippen LogP) is 4.11. The lowest BCUT2D eigenvalue weighted by atomic mass is 9.85. The number of hydrogen-bond donors (Lipinski definition) is 0. The molecular formula is C23H32N4O2S. The van der Waals surface area contributed by atoms with Crippen molar-refractivity contribution in [3.8, 4) is 0 Å². The van der Waals surface area contributed by atoms with Crippen LogP contribution in [0.1, 0.15) is 51.4 Å². The lowest BCUT2D eigenvalue weighted by molar-refractivity contribution is -0.142. The van der Waals surface area contributed by atoms with Crippen molar-refractivity contribution in [2.24, 2.45) is 11.8 Å². The van der Waals surface area contributed by atoms with Gasteiger partial charge in [0.25, 0.3) is 0 Å². The van der Waals surface area contributed by atoms with Gasteiger partial charge in [-0.05, 0) is 55.9 Å². The number of anilines is 1. The van der Waals surface area contributed by atoms with Gasteiger partial charge in [0.15, 0.2) is 0 Å². The first-order valence-electron chi connectivity index (χ1n) is 11.6. The number of hydrogen-bond acceptors (Lipinski definition) is 6. The molecule has 0 aliphatic carbocycles. The van der Waals surface area contributed by atoms with Gasteiger partial charge >= 0.3 is 0 Å². The molecule has 30 heavy (non-hydrogen) atoms. The van der Waals surface area contributed by atoms with Crippen LogP contribution < -0.4 is 4.90 Å². The zero-order chi connectivity index (χ0) is 20.3. The summed E-state index contributed by atoms with van der Waals surface area (Å²) in [7, 11) is 0. The highest BCUT2D eigenvalue weighted by atomic mass is 32.1. The Bertz CT molecular complexity index is 858. The fourth-order valence-electron chi connectivity index (χ4n) is 5.60. The minimum atomic E-state index is 0.173. The molecule has 162 valence electrons. The van der Waals surface area contributed by atoms with Crippen LogP contribution in [0.15, 0.2) is 17.8 Å². The second-order valence-corrected chi connectivity index (χ2v) is 9.89. The summed E-state index contributed by atoms with van der Waals surface area (Å²) in [4.78, 5) is 28.2. The first kappa shape index (κ1) is 20.2. The standard InChI is InChI=1S/C23H32N4O2S/c28-23(18-7-13-29-14-8-18)27-10-3-1-2-4-20(27)17-5-11-26(12-6-17)21-19-9-15-30-22(19)25-16-24-21/h9,15-18,20H,1-8,10-14H2/t20-/m0/s1. The number of carbonyl (C=O) groups excluding carboxylic acids is 1. The Labute approximate surface area is 182 Å². The van der Waals surface area contributed by atoms with Crippen molar-refractivity contribution in [1.82, 2.24) is 14.9 Å². The van der Waals surface area contributed by atoms with Crippen molar-refractivity contribution in [1.29, 1.82) is 0 Å². The molecule has 0 unspecified atom stereocenters. The summed E-state index contributed by atoms with van der Waals surface area (Å²) in [6, 6.07) is 2.55. The fourth-order valence-corrected chi connectivity index (χ4v) is 6.33. The Morgan fingerprint density at radius 1 is 1.00 bits per heavy atom. The van der Waals surface area contributed by atoms with E-state index >= 15 is 0 Å². The summed E-state index contributed by atoms with van der Waals surface area (Å²) >= 11 is 1.68. The number of carbonyl (C=O) groups is 1. The van der Waals surface area contributed by atoms with E-state index in [-0.39, 0.29) is 5.92 Å². The number of ether oxygens (including phenoxy) is 1. The zero-order valence-electron chi connectivity index (χ0n) is 17.7. The van der Waals surface area contributed by atoms with Crippen LogP contribution in [0.5, 0.6) is 0 Å². The van der Waals surface area contributed by atoms with Gasteiger partial charge in [-0.1, -0.05) is 12.8 Å². The number of aromatic nitrogens is 2. The summed E-state index contributed by atoms with van der Waals surface area (Å²) in [5.41, 5.74) is 0. The van der Waals surface area contributed by atoms with Crippen LogP contribution in [0.25, 0.3) is 10.2 Å². The highest BCUT2D eigenvalue weighted by Crippen LogP contribution is 2.35. The lowest BCUT2D eigenvalue weighted by Gasteiger charge is -2.42. The Hall–Kier alpha value is -1.73. The molecule has 5 heterocycles. The normalized spacial score (nSPS) is 24.9. The Balaban J connectivity index is 1.28. The molecule has 2 aromatic heterocycles. The molecule has 3 fully saturated rings. The van der Waals surface area contributed by atoms with E-state index in [0.29, 0.717) is 17.9 Å². The molecule has 3 aliphatic rings. The largest absolute Gasteiger partial charge is 0.381 e. The van der Waals surface area contributed by atoms with Crippen LogP contribution in [0.3, 0.4) is 0 Å². The number of rotatable bonds is 3. The SMILES string of the molecule is O=C(C1CCOCC1)N1CCCCC[C@H]1C1CCN(c2ncnc3sccc23)CC1. The van der Waals surface area contributed by atoms with Gasteiger partial charge in [0.2, 0.25) is 5.91 Å². The van der Waals surface area contributed by atoms with Gasteiger partial charge in [-0.15, -0.1) is 11.3 Å². The van der Waals surface area contributed by atoms with E-state index < -0.39 is 0 Å². The molecule has 3 saturated heterocycles. The summed E-state index contributed by atoms with van der Waals surface area (Å²) in [6.07, 6.45) is 10.6. The van der Waals surface area contributed by atoms with Gasteiger partial charge in [-0.25, -0.2) is 9.97 Å². The van der Waals surface area contributed by atoms with Crippen molar-refractivity contribution in [2.75, 3.05) is 37.7 Å². The zero-order valence-corrected chi connectivity index (χ0v) is 18.5. The molecule has 0 spiro atoms. The maximum Gasteiger partial charge on any atom is 0.226 e. The Kier molecular flexibility index (Phi) is 6.18. The molecule has 0 aromatic carbocycles. The topological polar surface area (TPSA) is 58.6 Å². The summed E-state index contributed by atoms with van der Waals surface area (Å²) < 4.78 is 5.50. The van der Waals surface area contributed by atoms with E-state index in [9.17, 15) is 4.79 Å². The average molecular weight is 429 g/mol. The van der Waals surface area contributed by atoms with Crippen molar-refractivity contribution in [2.45, 2.75) is 57.4 Å². The third-order valence-corrected chi connectivity index (χ3v) is 8.10. The Morgan fingerprint density at radius 2 is 1.83 bits per heavy atom. The number of fused-ring (bicyclic) bond motifs is 1. The first-order valence-corrected chi connectivity index (χ1v) is 12.5. The van der Waals surface area contributed by atoms with Gasteiger partial charge in [0.05, 0.1) is 5.39 Å². The maximum atomic E-state index is 13.4. The molecule has 0 N–H and O–H groups in total. The highest BCUT2D eigenvalue weighted by Gasteiger charge is 2.37. The van der Waals surface area contributed by atoms with E-state index in [2.05, 4.69) is 31.2 Å². The second kappa shape index (κ2) is 9.18. The van der Waals surface area contributed by atoms with E-state index in [1.165, 1.54) is 24.6 Å². The van der Waals surface area contributed by atoms with E-state index in [0.717, 1.165) is 75.6 Å². The second-order valence-electron chi connectivity index (χ2n) is 9.00. The van der Waals surface area contributed by atoms with Crippen molar-refractivity contribution in [3.05, 3.63) is 17.8 Å². The van der Waals surface area contributed by atoms with Gasteiger partial charge < -0.3 is 14.5 Å².